The Hall–Kier alpha value is -1.07. The number of nitrogens with one attached hydrogen (secondary N) is 1. The number of rotatable bonds is 2. The minimum Gasteiger partial charge on any atom is -0.504 e. The van der Waals surface area contributed by atoms with Crippen LogP contribution < -0.4 is 5.32 Å². The topological polar surface area (TPSA) is 69.6 Å². The van der Waals surface area contributed by atoms with E-state index in [-0.39, 0.29) is 46.3 Å². The highest BCUT2D eigenvalue weighted by Crippen LogP contribution is 2.35. The molecule has 100 valence electrons. The van der Waals surface area contributed by atoms with E-state index in [2.05, 4.69) is 5.32 Å². The Morgan fingerprint density at radius 1 is 1.33 bits per heavy atom. The Labute approximate surface area is 117 Å². The predicted molar refractivity (Wildman–Crippen MR) is 74.8 cm³/mol. The Morgan fingerprint density at radius 2 is 2.00 bits per heavy atom. The van der Waals surface area contributed by atoms with Crippen molar-refractivity contribution in [1.82, 2.24) is 5.32 Å². The van der Waals surface area contributed by atoms with Crippen LogP contribution in [0.2, 0.25) is 0 Å². The number of benzene rings is 1. The van der Waals surface area contributed by atoms with Crippen LogP contribution in [0.1, 0.15) is 36.2 Å². The molecule has 1 aliphatic rings. The maximum Gasteiger partial charge on any atom is 0.180 e. The van der Waals surface area contributed by atoms with Crippen LogP contribution in [0.4, 0.5) is 0 Å². The van der Waals surface area contributed by atoms with Crippen molar-refractivity contribution in [3.63, 3.8) is 0 Å². The van der Waals surface area contributed by atoms with Gasteiger partial charge in [0.25, 0.3) is 0 Å². The zero-order valence-corrected chi connectivity index (χ0v) is 12.1. The summed E-state index contributed by atoms with van der Waals surface area (Å²) in [5.74, 6) is -0.319. The van der Waals surface area contributed by atoms with E-state index in [0.29, 0.717) is 24.0 Å². The molecule has 0 amide bonds. The van der Waals surface area contributed by atoms with E-state index in [1.807, 2.05) is 13.8 Å². The van der Waals surface area contributed by atoms with Crippen LogP contribution in [0, 0.1) is 0 Å². The molecular weight excluding hydrogens is 298 g/mol. The molecule has 1 unspecified atom stereocenters. The van der Waals surface area contributed by atoms with Gasteiger partial charge >= 0.3 is 0 Å². The van der Waals surface area contributed by atoms with Crippen molar-refractivity contribution in [3.05, 3.63) is 23.3 Å². The van der Waals surface area contributed by atoms with Crippen LogP contribution >= 0.6 is 17.0 Å². The number of Topliss-reactive ketones (excluding diaryl/α,β-unsaturated/α-hetero) is 1. The van der Waals surface area contributed by atoms with Gasteiger partial charge in [-0.05, 0) is 25.0 Å². The van der Waals surface area contributed by atoms with Crippen molar-refractivity contribution in [2.75, 3.05) is 0 Å². The monoisotopic (exact) mass is 315 g/mol. The minimum atomic E-state index is -0.188. The third-order valence-corrected chi connectivity index (χ3v) is 3.06. The van der Waals surface area contributed by atoms with E-state index in [0.717, 1.165) is 0 Å². The van der Waals surface area contributed by atoms with Gasteiger partial charge in [0, 0.05) is 17.2 Å². The first-order valence-corrected chi connectivity index (χ1v) is 5.84. The third kappa shape index (κ3) is 2.67. The molecule has 2 rings (SSSR count). The number of carbonyl (C=O) groups excluding carboxylic acids is 1. The molecule has 1 atom stereocenters. The average Bonchev–Trinajstić information content (AvgIpc) is 2.27. The van der Waals surface area contributed by atoms with Crippen LogP contribution in [0.5, 0.6) is 11.5 Å². The maximum atomic E-state index is 12.2. The minimum absolute atomic E-state index is 0. The van der Waals surface area contributed by atoms with E-state index in [1.54, 1.807) is 6.07 Å². The first-order chi connectivity index (χ1) is 8.00. The van der Waals surface area contributed by atoms with Crippen molar-refractivity contribution in [2.24, 2.45) is 0 Å². The Balaban J connectivity index is 0.00000162. The zero-order chi connectivity index (χ0) is 12.6. The molecule has 18 heavy (non-hydrogen) atoms. The standard InChI is InChI=1S/C13H17NO3.BrH/c1-7(2)14-10-5-3-9-8(12(10)16)4-6-11(15)13(9)17;/h4,6-7,10,14-15,17H,3,5H2,1-2H3;1H. The number of ketones is 1. The molecule has 4 nitrogen and oxygen atoms in total. The summed E-state index contributed by atoms with van der Waals surface area (Å²) in [5.41, 5.74) is 1.08. The molecule has 5 heteroatoms. The van der Waals surface area contributed by atoms with Gasteiger partial charge in [-0.3, -0.25) is 4.79 Å². The first-order valence-electron chi connectivity index (χ1n) is 5.84. The van der Waals surface area contributed by atoms with Crippen molar-refractivity contribution in [1.29, 1.82) is 0 Å². The zero-order valence-electron chi connectivity index (χ0n) is 10.4. The van der Waals surface area contributed by atoms with Crippen molar-refractivity contribution in [2.45, 2.75) is 38.8 Å². The molecule has 0 bridgehead atoms. The smallest absolute Gasteiger partial charge is 0.180 e. The van der Waals surface area contributed by atoms with E-state index in [1.165, 1.54) is 6.07 Å². The number of hydrogen-bond donors (Lipinski definition) is 3. The second-order valence-corrected chi connectivity index (χ2v) is 4.74. The fraction of sp³-hybridized carbons (Fsp3) is 0.462. The van der Waals surface area contributed by atoms with Gasteiger partial charge in [-0.1, -0.05) is 13.8 Å². The van der Waals surface area contributed by atoms with Gasteiger partial charge in [0.05, 0.1) is 6.04 Å². The number of hydrogen-bond acceptors (Lipinski definition) is 4. The second-order valence-electron chi connectivity index (χ2n) is 4.74. The van der Waals surface area contributed by atoms with Gasteiger partial charge in [0.15, 0.2) is 17.3 Å². The molecule has 1 aliphatic carbocycles. The summed E-state index contributed by atoms with van der Waals surface area (Å²) in [6, 6.07) is 3.01. The fourth-order valence-corrected chi connectivity index (χ4v) is 2.28. The summed E-state index contributed by atoms with van der Waals surface area (Å²) >= 11 is 0. The van der Waals surface area contributed by atoms with Crippen LogP contribution in [-0.4, -0.2) is 28.1 Å². The Bertz CT molecular complexity index is 460. The fourth-order valence-electron chi connectivity index (χ4n) is 2.28. The molecule has 0 heterocycles. The van der Waals surface area contributed by atoms with E-state index in [4.69, 9.17) is 0 Å². The van der Waals surface area contributed by atoms with Gasteiger partial charge in [0.2, 0.25) is 0 Å². The van der Waals surface area contributed by atoms with Gasteiger partial charge in [0.1, 0.15) is 0 Å². The molecular formula is C13H18BrNO3. The molecule has 0 saturated heterocycles. The number of aromatic hydroxyl groups is 2. The number of phenolic OH excluding ortho intramolecular Hbond substituents is 2. The van der Waals surface area contributed by atoms with Crippen molar-refractivity contribution >= 4 is 22.8 Å². The average molecular weight is 316 g/mol. The molecule has 1 aromatic carbocycles. The lowest BCUT2D eigenvalue weighted by molar-refractivity contribution is 0.0921. The quantitative estimate of drug-likeness (QED) is 0.732. The highest BCUT2D eigenvalue weighted by molar-refractivity contribution is 8.93. The van der Waals surface area contributed by atoms with E-state index in [9.17, 15) is 15.0 Å². The van der Waals surface area contributed by atoms with E-state index < -0.39 is 0 Å². The van der Waals surface area contributed by atoms with Crippen LogP contribution in [0.15, 0.2) is 12.1 Å². The summed E-state index contributed by atoms with van der Waals surface area (Å²) in [4.78, 5) is 12.2. The molecule has 0 spiro atoms. The normalized spacial score (nSPS) is 18.4. The summed E-state index contributed by atoms with van der Waals surface area (Å²) in [5, 5.41) is 22.3. The molecule has 1 aromatic rings. The lowest BCUT2D eigenvalue weighted by atomic mass is 9.86. The molecule has 0 radical (unpaired) electrons. The first kappa shape index (κ1) is 15.0. The van der Waals surface area contributed by atoms with Crippen LogP contribution in [0.3, 0.4) is 0 Å². The Kier molecular flexibility index (Phi) is 4.76. The predicted octanol–water partition coefficient (Wildman–Crippen LogP) is 2.17. The van der Waals surface area contributed by atoms with Gasteiger partial charge < -0.3 is 15.5 Å². The highest BCUT2D eigenvalue weighted by atomic mass is 79.9. The lowest BCUT2D eigenvalue weighted by Crippen LogP contribution is -2.43. The molecule has 0 saturated carbocycles. The highest BCUT2D eigenvalue weighted by Gasteiger charge is 2.29. The number of carbonyl (C=O) groups is 1. The summed E-state index contributed by atoms with van der Waals surface area (Å²) in [6.07, 6.45) is 1.26. The second kappa shape index (κ2) is 5.71. The molecule has 0 aliphatic heterocycles. The third-order valence-electron chi connectivity index (χ3n) is 3.06. The maximum absolute atomic E-state index is 12.2. The summed E-state index contributed by atoms with van der Waals surface area (Å²) in [7, 11) is 0. The van der Waals surface area contributed by atoms with Crippen molar-refractivity contribution in [3.8, 4) is 11.5 Å². The summed E-state index contributed by atoms with van der Waals surface area (Å²) < 4.78 is 0. The Morgan fingerprint density at radius 3 is 2.61 bits per heavy atom. The number of halogens is 1. The van der Waals surface area contributed by atoms with Gasteiger partial charge in [-0.25, -0.2) is 0 Å². The largest absolute Gasteiger partial charge is 0.504 e. The lowest BCUT2D eigenvalue weighted by Gasteiger charge is -2.26. The van der Waals surface area contributed by atoms with E-state index >= 15 is 0 Å². The molecule has 3 N–H and O–H groups in total. The van der Waals surface area contributed by atoms with Crippen LogP contribution in [-0.2, 0) is 6.42 Å². The molecule has 0 aromatic heterocycles. The molecule has 0 fully saturated rings. The van der Waals surface area contributed by atoms with Gasteiger partial charge in [-0.2, -0.15) is 0 Å². The summed E-state index contributed by atoms with van der Waals surface area (Å²) in [6.45, 7) is 3.99. The van der Waals surface area contributed by atoms with Crippen molar-refractivity contribution < 1.29 is 15.0 Å². The van der Waals surface area contributed by atoms with Gasteiger partial charge in [-0.15, -0.1) is 17.0 Å². The number of phenols is 2. The number of fused-ring (bicyclic) bond motifs is 1. The van der Waals surface area contributed by atoms with Crippen LogP contribution in [0.25, 0.3) is 0 Å². The SMILES string of the molecule is Br.CC(C)NC1CCc2c(ccc(O)c2O)C1=O.